The second kappa shape index (κ2) is 5.26. The van der Waals surface area contributed by atoms with Crippen LogP contribution in [0, 0.1) is 6.92 Å². The number of fused-ring (bicyclic) bond motifs is 2. The topological polar surface area (TPSA) is 15.3 Å². The van der Waals surface area contributed by atoms with Crippen LogP contribution >= 0.6 is 0 Å². The lowest BCUT2D eigenvalue weighted by Crippen LogP contribution is -2.47. The van der Waals surface area contributed by atoms with E-state index in [-0.39, 0.29) is 0 Å². The first kappa shape index (κ1) is 13.1. The molecule has 1 N–H and O–H groups in total. The molecule has 2 heterocycles. The number of hydrogen-bond acceptors (Lipinski definition) is 2. The van der Waals surface area contributed by atoms with Gasteiger partial charge >= 0.3 is 0 Å². The summed E-state index contributed by atoms with van der Waals surface area (Å²) in [7, 11) is 2.31. The van der Waals surface area contributed by atoms with E-state index in [4.69, 9.17) is 0 Å². The van der Waals surface area contributed by atoms with Gasteiger partial charge in [-0.2, -0.15) is 0 Å². The fourth-order valence-electron chi connectivity index (χ4n) is 4.06. The standard InChI is InChI=1S/C17H26N2/c1-12-6-4-5-7-17(12)13(2)18-14-10-15-8-9-16(11-14)19(15)3/h4-7,13-16,18H,8-11H2,1-3H3/t13?,14?,15-,16+. The summed E-state index contributed by atoms with van der Waals surface area (Å²) in [6.07, 6.45) is 5.45. The maximum atomic E-state index is 3.87. The van der Waals surface area contributed by atoms with Crippen LogP contribution in [0.4, 0.5) is 0 Å². The van der Waals surface area contributed by atoms with Crippen molar-refractivity contribution in [3.8, 4) is 0 Å². The van der Waals surface area contributed by atoms with Crippen LogP contribution in [-0.4, -0.2) is 30.1 Å². The Balaban J connectivity index is 1.65. The molecule has 19 heavy (non-hydrogen) atoms. The fourth-order valence-corrected chi connectivity index (χ4v) is 4.06. The van der Waals surface area contributed by atoms with E-state index in [1.54, 1.807) is 0 Å². The van der Waals surface area contributed by atoms with Crippen LogP contribution in [0.25, 0.3) is 0 Å². The van der Waals surface area contributed by atoms with Gasteiger partial charge in [-0.15, -0.1) is 0 Å². The molecule has 4 atom stereocenters. The predicted octanol–water partition coefficient (Wildman–Crippen LogP) is 3.27. The maximum Gasteiger partial charge on any atom is 0.0296 e. The molecule has 0 amide bonds. The van der Waals surface area contributed by atoms with Gasteiger partial charge in [-0.3, -0.25) is 0 Å². The number of benzene rings is 1. The van der Waals surface area contributed by atoms with Crippen molar-refractivity contribution in [1.82, 2.24) is 10.2 Å². The van der Waals surface area contributed by atoms with E-state index in [9.17, 15) is 0 Å². The maximum absolute atomic E-state index is 3.87. The van der Waals surface area contributed by atoms with E-state index in [0.717, 1.165) is 12.1 Å². The van der Waals surface area contributed by atoms with Crippen molar-refractivity contribution in [2.75, 3.05) is 7.05 Å². The summed E-state index contributed by atoms with van der Waals surface area (Å²) in [5, 5.41) is 3.87. The predicted molar refractivity (Wildman–Crippen MR) is 80.3 cm³/mol. The Kier molecular flexibility index (Phi) is 3.64. The number of rotatable bonds is 3. The minimum Gasteiger partial charge on any atom is -0.307 e. The molecule has 2 saturated heterocycles. The van der Waals surface area contributed by atoms with Crippen molar-refractivity contribution in [3.05, 3.63) is 35.4 Å². The van der Waals surface area contributed by atoms with E-state index < -0.39 is 0 Å². The molecule has 2 heteroatoms. The van der Waals surface area contributed by atoms with Gasteiger partial charge in [-0.25, -0.2) is 0 Å². The molecule has 0 saturated carbocycles. The summed E-state index contributed by atoms with van der Waals surface area (Å²) in [6, 6.07) is 11.6. The molecule has 0 spiro atoms. The molecule has 2 nitrogen and oxygen atoms in total. The molecule has 2 fully saturated rings. The highest BCUT2D eigenvalue weighted by molar-refractivity contribution is 5.28. The van der Waals surface area contributed by atoms with Crippen LogP contribution in [0.5, 0.6) is 0 Å². The average Bonchev–Trinajstić information content (AvgIpc) is 2.63. The van der Waals surface area contributed by atoms with Crippen molar-refractivity contribution >= 4 is 0 Å². The van der Waals surface area contributed by atoms with Gasteiger partial charge in [-0.05, 0) is 57.7 Å². The zero-order valence-corrected chi connectivity index (χ0v) is 12.4. The minimum atomic E-state index is 0.467. The lowest BCUT2D eigenvalue weighted by atomic mass is 9.95. The van der Waals surface area contributed by atoms with Crippen LogP contribution in [0.1, 0.15) is 49.8 Å². The quantitative estimate of drug-likeness (QED) is 0.895. The lowest BCUT2D eigenvalue weighted by molar-refractivity contribution is 0.144. The van der Waals surface area contributed by atoms with Crippen LogP contribution in [0.15, 0.2) is 24.3 Å². The number of nitrogens with zero attached hydrogens (tertiary/aromatic N) is 1. The highest BCUT2D eigenvalue weighted by Crippen LogP contribution is 2.35. The van der Waals surface area contributed by atoms with Crippen molar-refractivity contribution in [2.45, 2.75) is 63.7 Å². The Morgan fingerprint density at radius 2 is 1.79 bits per heavy atom. The first-order chi connectivity index (χ1) is 9.15. The van der Waals surface area contributed by atoms with Gasteiger partial charge < -0.3 is 10.2 Å². The Labute approximate surface area is 117 Å². The van der Waals surface area contributed by atoms with Crippen molar-refractivity contribution in [2.24, 2.45) is 0 Å². The first-order valence-corrected chi connectivity index (χ1v) is 7.68. The molecule has 1 aromatic rings. The SMILES string of the molecule is Cc1ccccc1C(C)NC1C[C@H]2CC[C@@H](C1)N2C. The van der Waals surface area contributed by atoms with Gasteiger partial charge in [0.2, 0.25) is 0 Å². The van der Waals surface area contributed by atoms with E-state index in [2.05, 4.69) is 55.4 Å². The van der Waals surface area contributed by atoms with E-state index >= 15 is 0 Å². The van der Waals surface area contributed by atoms with E-state index in [1.165, 1.54) is 36.8 Å². The lowest BCUT2D eigenvalue weighted by Gasteiger charge is -2.38. The largest absolute Gasteiger partial charge is 0.307 e. The normalized spacial score (nSPS) is 32.5. The molecule has 2 unspecified atom stereocenters. The molecule has 0 aromatic heterocycles. The van der Waals surface area contributed by atoms with Crippen LogP contribution in [0.2, 0.25) is 0 Å². The number of hydrogen-bond donors (Lipinski definition) is 1. The Morgan fingerprint density at radius 1 is 1.16 bits per heavy atom. The Bertz CT molecular complexity index is 429. The zero-order valence-electron chi connectivity index (χ0n) is 12.4. The van der Waals surface area contributed by atoms with Crippen molar-refractivity contribution in [1.29, 1.82) is 0 Å². The molecule has 104 valence electrons. The number of piperidine rings is 1. The molecule has 3 rings (SSSR count). The van der Waals surface area contributed by atoms with Gasteiger partial charge in [0, 0.05) is 24.2 Å². The Morgan fingerprint density at radius 3 is 2.42 bits per heavy atom. The summed E-state index contributed by atoms with van der Waals surface area (Å²) in [4.78, 5) is 2.61. The van der Waals surface area contributed by atoms with Crippen LogP contribution < -0.4 is 5.32 Å². The van der Waals surface area contributed by atoms with Gasteiger partial charge in [0.15, 0.2) is 0 Å². The molecular formula is C17H26N2. The third-order valence-electron chi connectivity index (χ3n) is 5.24. The molecule has 2 aliphatic rings. The Hall–Kier alpha value is -0.860. The van der Waals surface area contributed by atoms with Gasteiger partial charge in [-0.1, -0.05) is 24.3 Å². The molecule has 0 aliphatic carbocycles. The second-order valence-corrected chi connectivity index (χ2v) is 6.46. The monoisotopic (exact) mass is 258 g/mol. The smallest absolute Gasteiger partial charge is 0.0296 e. The van der Waals surface area contributed by atoms with Crippen molar-refractivity contribution in [3.63, 3.8) is 0 Å². The van der Waals surface area contributed by atoms with E-state index in [1.807, 2.05) is 0 Å². The summed E-state index contributed by atoms with van der Waals surface area (Å²) < 4.78 is 0. The third kappa shape index (κ3) is 2.56. The van der Waals surface area contributed by atoms with E-state index in [0.29, 0.717) is 12.1 Å². The number of nitrogens with one attached hydrogen (secondary N) is 1. The zero-order chi connectivity index (χ0) is 13.4. The summed E-state index contributed by atoms with van der Waals surface area (Å²) in [6.45, 7) is 4.52. The highest BCUT2D eigenvalue weighted by atomic mass is 15.2. The summed E-state index contributed by atoms with van der Waals surface area (Å²) in [5.74, 6) is 0. The molecule has 0 radical (unpaired) electrons. The van der Waals surface area contributed by atoms with Crippen molar-refractivity contribution < 1.29 is 0 Å². The average molecular weight is 258 g/mol. The minimum absolute atomic E-state index is 0.467. The molecule has 1 aromatic carbocycles. The van der Waals surface area contributed by atoms with Gasteiger partial charge in [0.1, 0.15) is 0 Å². The summed E-state index contributed by atoms with van der Waals surface area (Å²) >= 11 is 0. The molecule has 2 bridgehead atoms. The second-order valence-electron chi connectivity index (χ2n) is 6.46. The molecule has 2 aliphatic heterocycles. The van der Waals surface area contributed by atoms with Gasteiger partial charge in [0.25, 0.3) is 0 Å². The number of aryl methyl sites for hydroxylation is 1. The third-order valence-corrected chi connectivity index (χ3v) is 5.24. The van der Waals surface area contributed by atoms with Crippen LogP contribution in [0.3, 0.4) is 0 Å². The van der Waals surface area contributed by atoms with Crippen LogP contribution in [-0.2, 0) is 0 Å². The summed E-state index contributed by atoms with van der Waals surface area (Å²) in [5.41, 5.74) is 2.85. The highest BCUT2D eigenvalue weighted by Gasteiger charge is 2.38. The molecular weight excluding hydrogens is 232 g/mol. The fraction of sp³-hybridized carbons (Fsp3) is 0.647. The first-order valence-electron chi connectivity index (χ1n) is 7.68. The van der Waals surface area contributed by atoms with Gasteiger partial charge in [0.05, 0.1) is 0 Å².